The molecular weight excluding hydrogens is 240 g/mol. The highest BCUT2D eigenvalue weighted by molar-refractivity contribution is 6.28. The first kappa shape index (κ1) is 14.0. The van der Waals surface area contributed by atoms with Crippen LogP contribution >= 0.6 is 11.6 Å². The van der Waals surface area contributed by atoms with Gasteiger partial charge in [0.2, 0.25) is 5.28 Å². The largest absolute Gasteiger partial charge is 0.395 e. The normalized spacial score (nSPS) is 10.9. The third kappa shape index (κ3) is 3.44. The lowest BCUT2D eigenvalue weighted by molar-refractivity contribution is 0.295. The summed E-state index contributed by atoms with van der Waals surface area (Å²) in [6.07, 6.45) is 3.41. The minimum Gasteiger partial charge on any atom is -0.395 e. The van der Waals surface area contributed by atoms with Gasteiger partial charge in [0.05, 0.1) is 18.5 Å². The van der Waals surface area contributed by atoms with Crippen LogP contribution in [0.2, 0.25) is 5.28 Å². The maximum absolute atomic E-state index is 9.14. The van der Waals surface area contributed by atoms with Gasteiger partial charge in [0.1, 0.15) is 0 Å². The minimum atomic E-state index is 0.0531. The molecule has 0 saturated carbocycles. The Bertz CT molecular complexity index is 357. The van der Waals surface area contributed by atoms with Crippen molar-refractivity contribution < 1.29 is 5.11 Å². The quantitative estimate of drug-likeness (QED) is 0.760. The number of halogens is 1. The zero-order valence-corrected chi connectivity index (χ0v) is 11.0. The van der Waals surface area contributed by atoms with Gasteiger partial charge in [0, 0.05) is 12.6 Å². The number of aromatic nitrogens is 2. The fourth-order valence-corrected chi connectivity index (χ4v) is 2.02. The summed E-state index contributed by atoms with van der Waals surface area (Å²) in [5.74, 6) is 0.604. The fourth-order valence-electron chi connectivity index (χ4n) is 1.89. The Hall–Kier alpha value is -1.07. The van der Waals surface area contributed by atoms with Crippen molar-refractivity contribution in [3.05, 3.63) is 11.5 Å². The molecule has 17 heavy (non-hydrogen) atoms. The van der Waals surface area contributed by atoms with Crippen LogP contribution in [0.5, 0.6) is 0 Å². The van der Waals surface area contributed by atoms with E-state index in [0.717, 1.165) is 12.8 Å². The first-order valence-corrected chi connectivity index (χ1v) is 6.17. The van der Waals surface area contributed by atoms with Crippen molar-refractivity contribution in [3.8, 4) is 0 Å². The number of hydrogen-bond donors (Lipinski definition) is 2. The van der Waals surface area contributed by atoms with Gasteiger partial charge in [0.15, 0.2) is 5.82 Å². The molecule has 0 atom stereocenters. The zero-order chi connectivity index (χ0) is 12.8. The molecule has 3 N–H and O–H groups in total. The van der Waals surface area contributed by atoms with Crippen molar-refractivity contribution in [1.29, 1.82) is 0 Å². The molecule has 0 unspecified atom stereocenters. The van der Waals surface area contributed by atoms with Gasteiger partial charge in [0.25, 0.3) is 0 Å². The SMILES string of the molecule is CCC(CC)N(CCO)c1nc(Cl)ncc1N. The molecule has 0 amide bonds. The maximum Gasteiger partial charge on any atom is 0.224 e. The molecule has 1 aromatic rings. The molecule has 0 aromatic carbocycles. The molecule has 0 fully saturated rings. The lowest BCUT2D eigenvalue weighted by Crippen LogP contribution is -2.38. The van der Waals surface area contributed by atoms with E-state index < -0.39 is 0 Å². The summed E-state index contributed by atoms with van der Waals surface area (Å²) in [6.45, 7) is 4.73. The summed E-state index contributed by atoms with van der Waals surface area (Å²) in [4.78, 5) is 9.97. The van der Waals surface area contributed by atoms with Crippen molar-refractivity contribution in [3.63, 3.8) is 0 Å². The van der Waals surface area contributed by atoms with E-state index in [1.165, 1.54) is 6.20 Å². The maximum atomic E-state index is 9.14. The first-order chi connectivity index (χ1) is 8.13. The van der Waals surface area contributed by atoms with Crippen LogP contribution in [0, 0.1) is 0 Å². The lowest BCUT2D eigenvalue weighted by atomic mass is 10.1. The number of aliphatic hydroxyl groups is 1. The molecule has 0 aliphatic rings. The van der Waals surface area contributed by atoms with Crippen molar-refractivity contribution >= 4 is 23.1 Å². The van der Waals surface area contributed by atoms with Gasteiger partial charge in [-0.15, -0.1) is 0 Å². The number of aliphatic hydroxyl groups excluding tert-OH is 1. The second-order valence-electron chi connectivity index (χ2n) is 3.81. The third-order valence-electron chi connectivity index (χ3n) is 2.76. The molecule has 0 aliphatic carbocycles. The summed E-state index contributed by atoms with van der Waals surface area (Å²) >= 11 is 5.79. The van der Waals surface area contributed by atoms with Crippen LogP contribution in [0.15, 0.2) is 6.20 Å². The van der Waals surface area contributed by atoms with E-state index in [-0.39, 0.29) is 17.9 Å². The number of nitrogen functional groups attached to an aromatic ring is 1. The number of nitrogens with two attached hydrogens (primary N) is 1. The second kappa shape index (κ2) is 6.61. The summed E-state index contributed by atoms with van der Waals surface area (Å²) in [5, 5.41) is 9.31. The molecule has 0 bridgehead atoms. The van der Waals surface area contributed by atoms with Crippen molar-refractivity contribution in [1.82, 2.24) is 9.97 Å². The number of hydrogen-bond acceptors (Lipinski definition) is 5. The number of nitrogens with zero attached hydrogens (tertiary/aromatic N) is 3. The molecule has 0 radical (unpaired) electrons. The molecule has 1 heterocycles. The van der Waals surface area contributed by atoms with Gasteiger partial charge in [-0.1, -0.05) is 13.8 Å². The van der Waals surface area contributed by atoms with Crippen LogP contribution < -0.4 is 10.6 Å². The molecular formula is C11H19ClN4O. The van der Waals surface area contributed by atoms with Crippen LogP contribution in [0.3, 0.4) is 0 Å². The fraction of sp³-hybridized carbons (Fsp3) is 0.636. The molecule has 6 heteroatoms. The predicted molar refractivity (Wildman–Crippen MR) is 70.3 cm³/mol. The Morgan fingerprint density at radius 3 is 2.65 bits per heavy atom. The highest BCUT2D eigenvalue weighted by Crippen LogP contribution is 2.24. The molecule has 0 saturated heterocycles. The number of rotatable bonds is 6. The monoisotopic (exact) mass is 258 g/mol. The van der Waals surface area contributed by atoms with Gasteiger partial charge in [-0.25, -0.2) is 4.98 Å². The van der Waals surface area contributed by atoms with E-state index in [0.29, 0.717) is 18.1 Å². The van der Waals surface area contributed by atoms with Gasteiger partial charge in [-0.2, -0.15) is 4.98 Å². The summed E-state index contributed by atoms with van der Waals surface area (Å²) < 4.78 is 0. The van der Waals surface area contributed by atoms with Gasteiger partial charge < -0.3 is 15.7 Å². The summed E-state index contributed by atoms with van der Waals surface area (Å²) in [5.41, 5.74) is 6.34. The van der Waals surface area contributed by atoms with Gasteiger partial charge in [-0.05, 0) is 24.4 Å². The topological polar surface area (TPSA) is 75.3 Å². The highest BCUT2D eigenvalue weighted by Gasteiger charge is 2.19. The molecule has 1 aromatic heterocycles. The molecule has 0 aliphatic heterocycles. The number of anilines is 2. The Balaban J connectivity index is 3.07. The Morgan fingerprint density at radius 2 is 2.12 bits per heavy atom. The minimum absolute atomic E-state index is 0.0531. The van der Waals surface area contributed by atoms with E-state index in [2.05, 4.69) is 23.8 Å². The Labute approximate surface area is 107 Å². The zero-order valence-electron chi connectivity index (χ0n) is 10.2. The Kier molecular flexibility index (Phi) is 5.44. The van der Waals surface area contributed by atoms with E-state index in [1.807, 2.05) is 4.90 Å². The van der Waals surface area contributed by atoms with E-state index in [1.54, 1.807) is 0 Å². The van der Waals surface area contributed by atoms with Gasteiger partial charge >= 0.3 is 0 Å². The van der Waals surface area contributed by atoms with E-state index in [4.69, 9.17) is 22.4 Å². The van der Waals surface area contributed by atoms with Gasteiger partial charge in [-0.3, -0.25) is 0 Å². The van der Waals surface area contributed by atoms with E-state index in [9.17, 15) is 0 Å². The van der Waals surface area contributed by atoms with Crippen LogP contribution in [0.4, 0.5) is 11.5 Å². The highest BCUT2D eigenvalue weighted by atomic mass is 35.5. The summed E-state index contributed by atoms with van der Waals surface area (Å²) in [6, 6.07) is 0.287. The average molecular weight is 259 g/mol. The smallest absolute Gasteiger partial charge is 0.224 e. The van der Waals surface area contributed by atoms with Crippen LogP contribution in [0.1, 0.15) is 26.7 Å². The lowest BCUT2D eigenvalue weighted by Gasteiger charge is -2.31. The van der Waals surface area contributed by atoms with E-state index >= 15 is 0 Å². The molecule has 0 spiro atoms. The average Bonchev–Trinajstić information content (AvgIpc) is 2.33. The van der Waals surface area contributed by atoms with Crippen molar-refractivity contribution in [2.45, 2.75) is 32.7 Å². The van der Waals surface area contributed by atoms with Crippen LogP contribution in [-0.2, 0) is 0 Å². The second-order valence-corrected chi connectivity index (χ2v) is 4.14. The Morgan fingerprint density at radius 1 is 1.47 bits per heavy atom. The van der Waals surface area contributed by atoms with Crippen molar-refractivity contribution in [2.75, 3.05) is 23.8 Å². The first-order valence-electron chi connectivity index (χ1n) is 5.79. The van der Waals surface area contributed by atoms with Crippen LogP contribution in [0.25, 0.3) is 0 Å². The molecule has 5 nitrogen and oxygen atoms in total. The van der Waals surface area contributed by atoms with Crippen LogP contribution in [-0.4, -0.2) is 34.3 Å². The third-order valence-corrected chi connectivity index (χ3v) is 2.94. The summed E-state index contributed by atoms with van der Waals surface area (Å²) in [7, 11) is 0. The van der Waals surface area contributed by atoms with Crippen molar-refractivity contribution in [2.24, 2.45) is 0 Å². The molecule has 96 valence electrons. The molecule has 1 rings (SSSR count). The standard InChI is InChI=1S/C11H19ClN4O/c1-3-8(4-2)16(5-6-17)10-9(13)7-14-11(12)15-10/h7-8,17H,3-6,13H2,1-2H3. The predicted octanol–water partition coefficient (Wildman–Crippen LogP) is 1.70.